The molecule has 0 atom stereocenters. The van der Waals surface area contributed by atoms with E-state index < -0.39 is 25.2 Å². The number of nitrogen functional groups attached to an aromatic ring is 1. The van der Waals surface area contributed by atoms with Gasteiger partial charge in [0.25, 0.3) is 0 Å². The Labute approximate surface area is 101 Å². The first-order chi connectivity index (χ1) is 8.35. The van der Waals surface area contributed by atoms with Crippen molar-refractivity contribution in [2.24, 2.45) is 0 Å². The molecule has 0 saturated carbocycles. The number of carbonyl (C=O) groups is 1. The van der Waals surface area contributed by atoms with E-state index in [0.717, 1.165) is 0 Å². The fourth-order valence-electron chi connectivity index (χ4n) is 1.27. The maximum absolute atomic E-state index is 11.9. The second kappa shape index (κ2) is 5.61. The summed E-state index contributed by atoms with van der Waals surface area (Å²) in [4.78, 5) is 11.6. The maximum atomic E-state index is 11.9. The molecule has 0 saturated heterocycles. The van der Waals surface area contributed by atoms with E-state index >= 15 is 0 Å². The number of benzene rings is 1. The van der Waals surface area contributed by atoms with Crippen LogP contribution >= 0.6 is 0 Å². The number of hydrogen-bond donors (Lipinski definition) is 1. The van der Waals surface area contributed by atoms with E-state index in [9.17, 15) is 18.0 Å². The molecule has 100 valence electrons. The lowest BCUT2D eigenvalue weighted by Gasteiger charge is -2.11. The summed E-state index contributed by atoms with van der Waals surface area (Å²) in [5.41, 5.74) is 5.57. The summed E-state index contributed by atoms with van der Waals surface area (Å²) in [7, 11) is 1.32. The first-order valence-electron chi connectivity index (χ1n) is 5.01. The molecule has 0 aliphatic carbocycles. The molecule has 0 aliphatic rings. The Hall–Kier alpha value is -1.92. The molecule has 0 bridgehead atoms. The molecule has 4 nitrogen and oxygen atoms in total. The molecule has 0 aromatic heterocycles. The number of hydrogen-bond acceptors (Lipinski definition) is 4. The van der Waals surface area contributed by atoms with Crippen molar-refractivity contribution in [2.45, 2.75) is 12.6 Å². The van der Waals surface area contributed by atoms with Crippen LogP contribution in [-0.4, -0.2) is 25.9 Å². The number of halogens is 3. The van der Waals surface area contributed by atoms with Gasteiger partial charge in [-0.05, 0) is 12.1 Å². The van der Waals surface area contributed by atoms with Gasteiger partial charge in [-0.25, -0.2) is 4.79 Å². The van der Waals surface area contributed by atoms with Gasteiger partial charge in [0.1, 0.15) is 17.9 Å². The molecular weight excluding hydrogens is 251 g/mol. The fraction of sp³-hybridized carbons (Fsp3) is 0.364. The molecule has 18 heavy (non-hydrogen) atoms. The highest BCUT2D eigenvalue weighted by Gasteiger charge is 2.28. The maximum Gasteiger partial charge on any atom is 0.392 e. The van der Waals surface area contributed by atoms with Crippen molar-refractivity contribution < 1.29 is 27.4 Å². The van der Waals surface area contributed by atoms with E-state index in [1.165, 1.54) is 19.2 Å². The highest BCUT2D eigenvalue weighted by molar-refractivity contribution is 5.98. The monoisotopic (exact) mass is 263 g/mol. The Bertz CT molecular complexity index is 432. The first-order valence-corrected chi connectivity index (χ1v) is 5.01. The van der Waals surface area contributed by atoms with Gasteiger partial charge in [0.2, 0.25) is 0 Å². The Morgan fingerprint density at radius 2 is 2.06 bits per heavy atom. The second-order valence-electron chi connectivity index (χ2n) is 3.43. The van der Waals surface area contributed by atoms with E-state index in [1.54, 1.807) is 6.07 Å². The third kappa shape index (κ3) is 3.83. The fourth-order valence-corrected chi connectivity index (χ4v) is 1.27. The number of methoxy groups -OCH3 is 1. The zero-order chi connectivity index (χ0) is 13.8. The van der Waals surface area contributed by atoms with Gasteiger partial charge in [-0.1, -0.05) is 6.07 Å². The third-order valence-electron chi connectivity index (χ3n) is 2.10. The van der Waals surface area contributed by atoms with E-state index in [-0.39, 0.29) is 17.0 Å². The Kier molecular flexibility index (Phi) is 4.41. The lowest BCUT2D eigenvalue weighted by atomic mass is 10.1. The number of anilines is 1. The van der Waals surface area contributed by atoms with Crippen molar-refractivity contribution in [1.82, 2.24) is 0 Å². The third-order valence-corrected chi connectivity index (χ3v) is 2.10. The molecule has 0 fully saturated rings. The van der Waals surface area contributed by atoms with Crippen LogP contribution < -0.4 is 10.5 Å². The van der Waals surface area contributed by atoms with Gasteiger partial charge in [-0.15, -0.1) is 0 Å². The van der Waals surface area contributed by atoms with Gasteiger partial charge >= 0.3 is 12.1 Å². The summed E-state index contributed by atoms with van der Waals surface area (Å²) in [6, 6.07) is 4.46. The topological polar surface area (TPSA) is 61.5 Å². The molecule has 1 rings (SSSR count). The van der Waals surface area contributed by atoms with E-state index in [4.69, 9.17) is 10.5 Å². The molecule has 0 unspecified atom stereocenters. The van der Waals surface area contributed by atoms with Gasteiger partial charge in [0.15, 0.2) is 0 Å². The Morgan fingerprint density at radius 3 is 2.61 bits per heavy atom. The molecule has 1 aromatic rings. The zero-order valence-electron chi connectivity index (χ0n) is 9.58. The highest BCUT2D eigenvalue weighted by Crippen LogP contribution is 2.25. The van der Waals surface area contributed by atoms with Crippen LogP contribution in [0.4, 0.5) is 18.9 Å². The van der Waals surface area contributed by atoms with E-state index in [0.29, 0.717) is 0 Å². The predicted molar refractivity (Wildman–Crippen MR) is 58.4 cm³/mol. The molecule has 0 aliphatic heterocycles. The quantitative estimate of drug-likeness (QED) is 0.669. The molecule has 2 N–H and O–H groups in total. The van der Waals surface area contributed by atoms with Gasteiger partial charge in [-0.2, -0.15) is 13.2 Å². The van der Waals surface area contributed by atoms with Gasteiger partial charge in [-0.3, -0.25) is 0 Å². The van der Waals surface area contributed by atoms with Crippen molar-refractivity contribution in [3.05, 3.63) is 23.8 Å². The van der Waals surface area contributed by atoms with Crippen LogP contribution in [0.2, 0.25) is 0 Å². The summed E-state index contributed by atoms with van der Waals surface area (Å²) in [5.74, 6) is -0.777. The lowest BCUT2D eigenvalue weighted by Crippen LogP contribution is -2.16. The lowest BCUT2D eigenvalue weighted by molar-refractivity contribution is -0.141. The number of rotatable bonds is 4. The summed E-state index contributed by atoms with van der Waals surface area (Å²) >= 11 is 0. The summed E-state index contributed by atoms with van der Waals surface area (Å²) in [6.45, 7) is -0.750. The molecule has 0 radical (unpaired) electrons. The number of carbonyl (C=O) groups excluding carboxylic acids is 1. The van der Waals surface area contributed by atoms with Gasteiger partial charge < -0.3 is 15.2 Å². The van der Waals surface area contributed by atoms with Crippen LogP contribution in [0.1, 0.15) is 16.8 Å². The van der Waals surface area contributed by atoms with Crippen molar-refractivity contribution in [1.29, 1.82) is 0 Å². The Morgan fingerprint density at radius 1 is 1.39 bits per heavy atom. The largest absolute Gasteiger partial charge is 0.496 e. The Balaban J connectivity index is 2.73. The molecule has 0 heterocycles. The van der Waals surface area contributed by atoms with Gasteiger partial charge in [0, 0.05) is 5.69 Å². The molecule has 0 spiro atoms. The number of alkyl halides is 3. The van der Waals surface area contributed by atoms with Crippen LogP contribution in [0, 0.1) is 0 Å². The van der Waals surface area contributed by atoms with Crippen molar-refractivity contribution in [3.63, 3.8) is 0 Å². The minimum atomic E-state index is -4.37. The summed E-state index contributed by atoms with van der Waals surface area (Å²) in [6.07, 6.45) is -5.57. The SMILES string of the molecule is COc1cccc(N)c1C(=O)OCCC(F)(F)F. The van der Waals surface area contributed by atoms with Crippen LogP contribution in [0.3, 0.4) is 0 Å². The van der Waals surface area contributed by atoms with Gasteiger partial charge in [0.05, 0.1) is 13.5 Å². The minimum absolute atomic E-state index is 0.0674. The van der Waals surface area contributed by atoms with Crippen molar-refractivity contribution in [2.75, 3.05) is 19.5 Å². The number of nitrogens with two attached hydrogens (primary N) is 1. The highest BCUT2D eigenvalue weighted by atomic mass is 19.4. The molecule has 1 aromatic carbocycles. The van der Waals surface area contributed by atoms with E-state index in [2.05, 4.69) is 4.74 Å². The first kappa shape index (κ1) is 14.1. The smallest absolute Gasteiger partial charge is 0.392 e. The normalized spacial score (nSPS) is 11.1. The van der Waals surface area contributed by atoms with Crippen LogP contribution in [-0.2, 0) is 4.74 Å². The molecular formula is C11H12F3NO3. The molecule has 7 heteroatoms. The number of ether oxygens (including phenoxy) is 2. The average molecular weight is 263 g/mol. The zero-order valence-corrected chi connectivity index (χ0v) is 9.58. The van der Waals surface area contributed by atoms with E-state index in [1.807, 2.05) is 0 Å². The molecule has 0 amide bonds. The second-order valence-corrected chi connectivity index (χ2v) is 3.43. The average Bonchev–Trinajstić information content (AvgIpc) is 2.26. The van der Waals surface area contributed by atoms with Crippen molar-refractivity contribution >= 4 is 11.7 Å². The van der Waals surface area contributed by atoms with Crippen molar-refractivity contribution in [3.8, 4) is 5.75 Å². The summed E-state index contributed by atoms with van der Waals surface area (Å²) in [5, 5.41) is 0. The standard InChI is InChI=1S/C11H12F3NO3/c1-17-8-4-2-3-7(15)9(8)10(16)18-6-5-11(12,13)14/h2-4H,5-6,15H2,1H3. The van der Waals surface area contributed by atoms with Crippen LogP contribution in [0.15, 0.2) is 18.2 Å². The van der Waals surface area contributed by atoms with Crippen LogP contribution in [0.5, 0.6) is 5.75 Å². The minimum Gasteiger partial charge on any atom is -0.496 e. The summed E-state index contributed by atoms with van der Waals surface area (Å²) < 4.78 is 45.1. The predicted octanol–water partition coefficient (Wildman–Crippen LogP) is 2.39. The number of esters is 1. The van der Waals surface area contributed by atoms with Crippen LogP contribution in [0.25, 0.3) is 0 Å².